The minimum Gasteiger partial charge on any atom is -0.317 e. The minimum absolute atomic E-state index is 0.345. The largest absolute Gasteiger partial charge is 0.317 e. The first-order valence-corrected chi connectivity index (χ1v) is 6.51. The number of fused-ring (bicyclic) bond motifs is 1. The molecule has 0 bridgehead atoms. The van der Waals surface area contributed by atoms with E-state index in [2.05, 4.69) is 44.3 Å². The quantitative estimate of drug-likeness (QED) is 0.738. The number of hydrogen-bond donors (Lipinski definition) is 0. The van der Waals surface area contributed by atoms with Crippen LogP contribution < -0.4 is 0 Å². The van der Waals surface area contributed by atoms with Crippen LogP contribution in [-0.2, 0) is 0 Å². The normalized spacial score (nSPS) is 23.4. The predicted octanol–water partition coefficient (Wildman–Crippen LogP) is 2.56. The van der Waals surface area contributed by atoms with E-state index in [1.54, 1.807) is 6.33 Å². The summed E-state index contributed by atoms with van der Waals surface area (Å²) in [6.45, 7) is 4.31. The van der Waals surface area contributed by atoms with Gasteiger partial charge < -0.3 is 4.34 Å². The fourth-order valence-electron chi connectivity index (χ4n) is 2.14. The maximum Gasteiger partial charge on any atom is 0.146 e. The van der Waals surface area contributed by atoms with Gasteiger partial charge in [0, 0.05) is 23.4 Å². The molecule has 92 valence electrons. The lowest BCUT2D eigenvalue weighted by atomic mass is 9.96. The van der Waals surface area contributed by atoms with E-state index in [9.17, 15) is 0 Å². The van der Waals surface area contributed by atoms with Gasteiger partial charge in [-0.15, -0.1) is 0 Å². The van der Waals surface area contributed by atoms with E-state index in [1.165, 1.54) is 0 Å². The molecule has 5 heteroatoms. The maximum absolute atomic E-state index is 4.52. The molecule has 0 aromatic carbocycles. The van der Waals surface area contributed by atoms with Crippen molar-refractivity contribution in [2.45, 2.75) is 19.9 Å². The molecule has 3 atom stereocenters. The highest BCUT2D eigenvalue weighted by molar-refractivity contribution is 7.14. The van der Waals surface area contributed by atoms with Crippen LogP contribution in [0.15, 0.2) is 29.7 Å². The minimum atomic E-state index is 0.345. The van der Waals surface area contributed by atoms with Crippen molar-refractivity contribution >= 4 is 32.2 Å². The highest BCUT2D eigenvalue weighted by atomic mass is 31.0. The van der Waals surface area contributed by atoms with Crippen molar-refractivity contribution in [3.05, 3.63) is 30.4 Å². The molecule has 0 amide bonds. The number of allylic oxidation sites excluding steroid dienone is 1. The zero-order valence-electron chi connectivity index (χ0n) is 10.4. The molecule has 3 unspecified atom stereocenters. The molecule has 3 heterocycles. The van der Waals surface area contributed by atoms with Crippen LogP contribution in [0.2, 0.25) is 0 Å². The molecule has 4 nitrogen and oxygen atoms in total. The Balaban J connectivity index is 2.16. The van der Waals surface area contributed by atoms with Crippen molar-refractivity contribution in [3.63, 3.8) is 0 Å². The van der Waals surface area contributed by atoms with Crippen LogP contribution in [0.3, 0.4) is 0 Å². The monoisotopic (exact) mass is 258 g/mol. The van der Waals surface area contributed by atoms with Crippen molar-refractivity contribution in [1.82, 2.24) is 14.3 Å². The zero-order valence-corrected chi connectivity index (χ0v) is 11.6. The third kappa shape index (κ3) is 1.77. The molecule has 0 aliphatic carbocycles. The number of rotatable bonds is 1. The fourth-order valence-corrected chi connectivity index (χ4v) is 2.43. The van der Waals surface area contributed by atoms with E-state index in [0.717, 1.165) is 22.3 Å². The average molecular weight is 258 g/mol. The molecular formula is C13H15N4P. The molecule has 2 aromatic rings. The Morgan fingerprint density at radius 3 is 2.89 bits per heavy atom. The van der Waals surface area contributed by atoms with E-state index in [0.29, 0.717) is 12.0 Å². The molecule has 0 spiro atoms. The van der Waals surface area contributed by atoms with Crippen LogP contribution in [0.4, 0.5) is 0 Å². The number of aromatic nitrogens is 3. The molecule has 18 heavy (non-hydrogen) atoms. The van der Waals surface area contributed by atoms with Gasteiger partial charge in [0.2, 0.25) is 0 Å². The zero-order chi connectivity index (χ0) is 12.7. The lowest BCUT2D eigenvalue weighted by Gasteiger charge is -2.18. The summed E-state index contributed by atoms with van der Waals surface area (Å²) in [6, 6.07) is 2.38. The lowest BCUT2D eigenvalue weighted by molar-refractivity contribution is 0.583. The second-order valence-electron chi connectivity index (χ2n) is 4.68. The molecule has 1 aliphatic heterocycles. The first-order valence-electron chi connectivity index (χ1n) is 5.99. The number of dihydropyridines is 1. The summed E-state index contributed by atoms with van der Waals surface area (Å²) >= 11 is 0. The van der Waals surface area contributed by atoms with Gasteiger partial charge in [-0.3, -0.25) is 4.99 Å². The summed E-state index contributed by atoms with van der Waals surface area (Å²) in [5.41, 5.74) is 2.97. The van der Waals surface area contributed by atoms with Crippen LogP contribution in [0, 0.1) is 5.92 Å². The van der Waals surface area contributed by atoms with E-state index >= 15 is 0 Å². The average Bonchev–Trinajstić information content (AvgIpc) is 2.75. The third-order valence-corrected chi connectivity index (χ3v) is 3.85. The van der Waals surface area contributed by atoms with Gasteiger partial charge >= 0.3 is 0 Å². The van der Waals surface area contributed by atoms with Crippen molar-refractivity contribution in [1.29, 1.82) is 0 Å². The fraction of sp³-hybridized carbons (Fsp3) is 0.308. The molecule has 3 rings (SSSR count). The molecule has 0 saturated heterocycles. The van der Waals surface area contributed by atoms with E-state index < -0.39 is 0 Å². The van der Waals surface area contributed by atoms with Crippen LogP contribution in [0.5, 0.6) is 0 Å². The summed E-state index contributed by atoms with van der Waals surface area (Å²) in [5.74, 6) is 0.438. The van der Waals surface area contributed by atoms with Gasteiger partial charge in [-0.1, -0.05) is 13.0 Å². The highest BCUT2D eigenvalue weighted by Gasteiger charge is 2.17. The Morgan fingerprint density at radius 2 is 2.11 bits per heavy atom. The second kappa shape index (κ2) is 4.29. The number of aliphatic imine (C=N–C) groups is 1. The van der Waals surface area contributed by atoms with Crippen LogP contribution in [-0.4, -0.2) is 26.6 Å². The first-order chi connectivity index (χ1) is 8.66. The van der Waals surface area contributed by atoms with Crippen molar-refractivity contribution in [3.8, 4) is 0 Å². The summed E-state index contributed by atoms with van der Waals surface area (Å²) in [4.78, 5) is 13.2. The Kier molecular flexibility index (Phi) is 2.75. The summed E-state index contributed by atoms with van der Waals surface area (Å²) < 4.78 is 1.92. The van der Waals surface area contributed by atoms with Crippen LogP contribution >= 0.6 is 9.39 Å². The summed E-state index contributed by atoms with van der Waals surface area (Å²) in [6.07, 6.45) is 7.74. The smallest absolute Gasteiger partial charge is 0.146 e. The van der Waals surface area contributed by atoms with Gasteiger partial charge in [-0.2, -0.15) is 0 Å². The number of nitrogens with zero attached hydrogens (tertiary/aromatic N) is 4. The van der Waals surface area contributed by atoms with Gasteiger partial charge in [0.05, 0.1) is 11.7 Å². The molecule has 0 saturated carbocycles. The first kappa shape index (κ1) is 11.5. The highest BCUT2D eigenvalue weighted by Crippen LogP contribution is 2.27. The Morgan fingerprint density at radius 1 is 1.28 bits per heavy atom. The molecule has 1 aliphatic rings. The van der Waals surface area contributed by atoms with Crippen LogP contribution in [0.25, 0.3) is 16.6 Å². The van der Waals surface area contributed by atoms with E-state index in [4.69, 9.17) is 0 Å². The van der Waals surface area contributed by atoms with Gasteiger partial charge in [0.25, 0.3) is 0 Å². The van der Waals surface area contributed by atoms with Crippen LogP contribution in [0.1, 0.15) is 19.5 Å². The summed E-state index contributed by atoms with van der Waals surface area (Å²) in [5, 5.41) is 1.06. The number of hydrogen-bond acceptors (Lipinski definition) is 3. The molecule has 0 N–H and O–H groups in total. The van der Waals surface area contributed by atoms with Gasteiger partial charge in [0.15, 0.2) is 0 Å². The Bertz CT molecular complexity index is 656. The van der Waals surface area contributed by atoms with Gasteiger partial charge in [0.1, 0.15) is 12.0 Å². The molecule has 0 radical (unpaired) electrons. The topological polar surface area (TPSA) is 43.1 Å². The van der Waals surface area contributed by atoms with E-state index in [1.807, 2.05) is 22.8 Å². The molecule has 0 fully saturated rings. The van der Waals surface area contributed by atoms with E-state index in [-0.39, 0.29) is 0 Å². The molecule has 2 aromatic heterocycles. The lowest BCUT2D eigenvalue weighted by Crippen LogP contribution is -2.14. The Labute approximate surface area is 108 Å². The van der Waals surface area contributed by atoms with Gasteiger partial charge in [-0.25, -0.2) is 9.97 Å². The van der Waals surface area contributed by atoms with Crippen molar-refractivity contribution in [2.24, 2.45) is 10.9 Å². The Hall–Kier alpha value is -1.54. The molecular weight excluding hydrogens is 243 g/mol. The second-order valence-corrected chi connectivity index (χ2v) is 5.24. The maximum atomic E-state index is 4.52. The third-order valence-electron chi connectivity index (χ3n) is 3.43. The predicted molar refractivity (Wildman–Crippen MR) is 77.7 cm³/mol. The summed E-state index contributed by atoms with van der Waals surface area (Å²) in [7, 11) is 2.63. The standard InChI is InChI=1S/C13H15N4P/c1-8-5-10(6-14-9(8)2)12-11-3-4-17(18)13(11)16-7-15-12/h3-9H,18H2,1-2H3. The van der Waals surface area contributed by atoms with Crippen molar-refractivity contribution in [2.75, 3.05) is 0 Å². The van der Waals surface area contributed by atoms with Crippen molar-refractivity contribution < 1.29 is 0 Å². The van der Waals surface area contributed by atoms with Gasteiger partial charge in [-0.05, 0) is 28.3 Å². The SMILES string of the molecule is CC1C=C(c2ncnc3c2ccn3P)C=NC1C.